The van der Waals surface area contributed by atoms with Gasteiger partial charge in [0.05, 0.1) is 0 Å². The molecule has 1 saturated heterocycles. The number of hydrogen-bond donors (Lipinski definition) is 0. The van der Waals surface area contributed by atoms with Crippen LogP contribution in [0.25, 0.3) is 10.9 Å². The van der Waals surface area contributed by atoms with Crippen molar-refractivity contribution in [3.05, 3.63) is 36.0 Å². The molecule has 0 saturated carbocycles. The van der Waals surface area contributed by atoms with Crippen molar-refractivity contribution in [2.45, 2.75) is 0 Å². The summed E-state index contributed by atoms with van der Waals surface area (Å²) >= 11 is 0. The number of nitrogens with zero attached hydrogens (tertiary/aromatic N) is 3. The Morgan fingerprint density at radius 3 is 2.48 bits per heavy atom. The molecule has 1 aliphatic rings. The highest BCUT2D eigenvalue weighted by Gasteiger charge is 2.25. The topological polar surface area (TPSA) is 54.8 Å². The molecule has 1 aliphatic heterocycles. The van der Waals surface area contributed by atoms with Gasteiger partial charge in [-0.2, -0.15) is 0 Å². The maximum absolute atomic E-state index is 12.8. The van der Waals surface area contributed by atoms with E-state index in [1.165, 1.54) is 7.11 Å². The van der Waals surface area contributed by atoms with Gasteiger partial charge in [-0.1, -0.05) is 6.07 Å². The minimum Gasteiger partial charge on any atom is -0.375 e. The molecule has 0 unspecified atom stereocenters. The second-order valence-electron chi connectivity index (χ2n) is 5.77. The fourth-order valence-corrected chi connectivity index (χ4v) is 3.03. The van der Waals surface area contributed by atoms with E-state index >= 15 is 0 Å². The summed E-state index contributed by atoms with van der Waals surface area (Å²) in [7, 11) is 3.48. The van der Waals surface area contributed by atoms with Crippen LogP contribution < -0.4 is 0 Å². The van der Waals surface area contributed by atoms with Gasteiger partial charge in [-0.25, -0.2) is 0 Å². The van der Waals surface area contributed by atoms with Crippen molar-refractivity contribution in [3.63, 3.8) is 0 Å². The van der Waals surface area contributed by atoms with Crippen molar-refractivity contribution >= 4 is 22.7 Å². The SMILES string of the molecule is COCC(=O)N1CCN(C(=O)c2cccc3c2ccn3C)CC1. The third kappa shape index (κ3) is 2.94. The number of methoxy groups -OCH3 is 1. The largest absolute Gasteiger partial charge is 0.375 e. The van der Waals surface area contributed by atoms with Gasteiger partial charge in [-0.3, -0.25) is 9.59 Å². The fraction of sp³-hybridized carbons (Fsp3) is 0.412. The van der Waals surface area contributed by atoms with Crippen LogP contribution >= 0.6 is 0 Å². The molecule has 0 aliphatic carbocycles. The zero-order valence-electron chi connectivity index (χ0n) is 13.5. The Balaban J connectivity index is 1.73. The number of aromatic nitrogens is 1. The van der Waals surface area contributed by atoms with Crippen LogP contribution in [0.15, 0.2) is 30.5 Å². The summed E-state index contributed by atoms with van der Waals surface area (Å²) in [5.41, 5.74) is 1.77. The predicted molar refractivity (Wildman–Crippen MR) is 87.3 cm³/mol. The number of piperazine rings is 1. The highest BCUT2D eigenvalue weighted by Crippen LogP contribution is 2.21. The molecule has 6 heteroatoms. The molecule has 0 radical (unpaired) electrons. The lowest BCUT2D eigenvalue weighted by atomic mass is 10.1. The predicted octanol–water partition coefficient (Wildman–Crippen LogP) is 1.11. The lowest BCUT2D eigenvalue weighted by Gasteiger charge is -2.34. The summed E-state index contributed by atoms with van der Waals surface area (Å²) in [5, 5.41) is 0.970. The Morgan fingerprint density at radius 1 is 1.09 bits per heavy atom. The second-order valence-corrected chi connectivity index (χ2v) is 5.77. The van der Waals surface area contributed by atoms with Crippen LogP contribution in [0.4, 0.5) is 0 Å². The number of carbonyl (C=O) groups excluding carboxylic acids is 2. The molecule has 3 rings (SSSR count). The van der Waals surface area contributed by atoms with Crippen LogP contribution in [-0.4, -0.2) is 66.1 Å². The molecule has 2 heterocycles. The highest BCUT2D eigenvalue weighted by atomic mass is 16.5. The van der Waals surface area contributed by atoms with Crippen LogP contribution in [0.1, 0.15) is 10.4 Å². The third-order valence-corrected chi connectivity index (χ3v) is 4.35. The average molecular weight is 315 g/mol. The van der Waals surface area contributed by atoms with Gasteiger partial charge < -0.3 is 19.1 Å². The Bertz CT molecular complexity index is 730. The monoisotopic (exact) mass is 315 g/mol. The number of carbonyl (C=O) groups is 2. The Kier molecular flexibility index (Phi) is 4.34. The second kappa shape index (κ2) is 6.42. The number of ether oxygens (including phenoxy) is 1. The first-order chi connectivity index (χ1) is 11.1. The van der Waals surface area contributed by atoms with E-state index < -0.39 is 0 Å². The average Bonchev–Trinajstić information content (AvgIpc) is 2.96. The van der Waals surface area contributed by atoms with Gasteiger partial charge in [-0.05, 0) is 18.2 Å². The molecule has 6 nitrogen and oxygen atoms in total. The molecule has 0 atom stereocenters. The van der Waals surface area contributed by atoms with Crippen molar-refractivity contribution in [3.8, 4) is 0 Å². The number of fused-ring (bicyclic) bond motifs is 1. The van der Waals surface area contributed by atoms with Gasteiger partial charge in [0.2, 0.25) is 5.91 Å². The quantitative estimate of drug-likeness (QED) is 0.852. The summed E-state index contributed by atoms with van der Waals surface area (Å²) in [6.07, 6.45) is 1.96. The molecule has 1 aromatic carbocycles. The van der Waals surface area contributed by atoms with Crippen molar-refractivity contribution in [1.82, 2.24) is 14.4 Å². The van der Waals surface area contributed by atoms with Crippen LogP contribution in [-0.2, 0) is 16.6 Å². The normalized spacial score (nSPS) is 15.2. The molecular formula is C17H21N3O3. The number of hydrogen-bond acceptors (Lipinski definition) is 3. The molecular weight excluding hydrogens is 294 g/mol. The summed E-state index contributed by atoms with van der Waals surface area (Å²) in [4.78, 5) is 28.2. The van der Waals surface area contributed by atoms with E-state index in [0.717, 1.165) is 16.5 Å². The molecule has 23 heavy (non-hydrogen) atoms. The molecule has 1 aromatic heterocycles. The summed E-state index contributed by atoms with van der Waals surface area (Å²) in [5.74, 6) is 0.00500. The van der Waals surface area contributed by atoms with Crippen LogP contribution in [0.5, 0.6) is 0 Å². The number of amides is 2. The molecule has 122 valence electrons. The first-order valence-corrected chi connectivity index (χ1v) is 7.72. The maximum Gasteiger partial charge on any atom is 0.254 e. The number of aryl methyl sites for hydroxylation is 1. The van der Waals surface area contributed by atoms with E-state index in [0.29, 0.717) is 26.2 Å². The van der Waals surface area contributed by atoms with Crippen LogP contribution in [0.3, 0.4) is 0 Å². The van der Waals surface area contributed by atoms with E-state index in [9.17, 15) is 9.59 Å². The van der Waals surface area contributed by atoms with E-state index in [2.05, 4.69) is 0 Å². The van der Waals surface area contributed by atoms with Crippen LogP contribution in [0.2, 0.25) is 0 Å². The minimum absolute atomic E-state index is 0.0234. The van der Waals surface area contributed by atoms with E-state index in [1.807, 2.05) is 47.0 Å². The summed E-state index contributed by atoms with van der Waals surface area (Å²) in [6, 6.07) is 7.76. The highest BCUT2D eigenvalue weighted by molar-refractivity contribution is 6.06. The molecule has 1 fully saturated rings. The van der Waals surface area contributed by atoms with E-state index in [-0.39, 0.29) is 18.4 Å². The van der Waals surface area contributed by atoms with Crippen LogP contribution in [0, 0.1) is 0 Å². The van der Waals surface area contributed by atoms with E-state index in [1.54, 1.807) is 4.90 Å². The fourth-order valence-electron chi connectivity index (χ4n) is 3.03. The lowest BCUT2D eigenvalue weighted by molar-refractivity contribution is -0.136. The Labute approximate surface area is 135 Å². The molecule has 0 bridgehead atoms. The van der Waals surface area contributed by atoms with Gasteiger partial charge in [0.1, 0.15) is 6.61 Å². The lowest BCUT2D eigenvalue weighted by Crippen LogP contribution is -2.51. The number of benzene rings is 1. The van der Waals surface area contributed by atoms with Gasteiger partial charge in [-0.15, -0.1) is 0 Å². The molecule has 2 aromatic rings. The van der Waals surface area contributed by atoms with Gasteiger partial charge in [0, 0.05) is 63.0 Å². The zero-order valence-corrected chi connectivity index (χ0v) is 13.5. The smallest absolute Gasteiger partial charge is 0.254 e. The molecule has 2 amide bonds. The van der Waals surface area contributed by atoms with Crippen molar-refractivity contribution in [1.29, 1.82) is 0 Å². The zero-order chi connectivity index (χ0) is 16.4. The van der Waals surface area contributed by atoms with E-state index in [4.69, 9.17) is 4.74 Å². The maximum atomic E-state index is 12.8. The summed E-state index contributed by atoms with van der Waals surface area (Å²) in [6.45, 7) is 2.31. The first kappa shape index (κ1) is 15.6. The molecule has 0 N–H and O–H groups in total. The van der Waals surface area contributed by atoms with Crippen molar-refractivity contribution in [2.75, 3.05) is 39.9 Å². The minimum atomic E-state index is -0.0234. The third-order valence-electron chi connectivity index (χ3n) is 4.35. The van der Waals surface area contributed by atoms with Crippen molar-refractivity contribution < 1.29 is 14.3 Å². The molecule has 0 spiro atoms. The van der Waals surface area contributed by atoms with Gasteiger partial charge in [0.15, 0.2) is 0 Å². The standard InChI is InChI=1S/C17H21N3O3/c1-18-7-6-13-14(4-3-5-15(13)18)17(22)20-10-8-19(9-11-20)16(21)12-23-2/h3-7H,8-12H2,1-2H3. The Hall–Kier alpha value is -2.34. The summed E-state index contributed by atoms with van der Waals surface area (Å²) < 4.78 is 6.88. The Morgan fingerprint density at radius 2 is 1.78 bits per heavy atom. The van der Waals surface area contributed by atoms with Gasteiger partial charge >= 0.3 is 0 Å². The van der Waals surface area contributed by atoms with Crippen molar-refractivity contribution in [2.24, 2.45) is 7.05 Å². The van der Waals surface area contributed by atoms with Gasteiger partial charge in [0.25, 0.3) is 5.91 Å². The number of rotatable bonds is 3. The first-order valence-electron chi connectivity index (χ1n) is 7.72.